The normalized spacial score (nSPS) is 20.0. The van der Waals surface area contributed by atoms with E-state index >= 15 is 0 Å². The third-order valence-corrected chi connectivity index (χ3v) is 7.42. The monoisotopic (exact) mass is 396 g/mol. The molecule has 0 aliphatic carbocycles. The van der Waals surface area contributed by atoms with Gasteiger partial charge in [0, 0.05) is 31.7 Å². The minimum atomic E-state index is -3.56. The molecule has 2 aromatic carbocycles. The molecule has 6 heteroatoms. The molecule has 4 rings (SSSR count). The van der Waals surface area contributed by atoms with Gasteiger partial charge >= 0.3 is 0 Å². The molecule has 0 radical (unpaired) electrons. The molecule has 0 unspecified atom stereocenters. The molecule has 0 bridgehead atoms. The molecule has 0 saturated carbocycles. The average Bonchev–Trinajstić information content (AvgIpc) is 3.04. The molecule has 2 aromatic rings. The Morgan fingerprint density at radius 2 is 1.86 bits per heavy atom. The van der Waals surface area contributed by atoms with Crippen molar-refractivity contribution in [1.29, 1.82) is 0 Å². The lowest BCUT2D eigenvalue weighted by molar-refractivity contribution is -0.116. The van der Waals surface area contributed by atoms with Crippen LogP contribution in [0.1, 0.15) is 31.4 Å². The highest BCUT2D eigenvalue weighted by Gasteiger charge is 2.32. The van der Waals surface area contributed by atoms with Gasteiger partial charge in [-0.25, -0.2) is 8.42 Å². The third kappa shape index (κ3) is 3.27. The minimum absolute atomic E-state index is 0.0172. The molecule has 1 amide bonds. The number of hydrogen-bond acceptors (Lipinski definition) is 3. The smallest absolute Gasteiger partial charge is 0.243 e. The van der Waals surface area contributed by atoms with Gasteiger partial charge in [-0.05, 0) is 54.7 Å². The maximum atomic E-state index is 13.1. The van der Waals surface area contributed by atoms with Gasteiger partial charge in [0.05, 0.1) is 4.90 Å². The Kier molecular flexibility index (Phi) is 4.85. The van der Waals surface area contributed by atoms with Crippen LogP contribution in [0.25, 0.3) is 5.57 Å². The van der Waals surface area contributed by atoms with E-state index in [0.29, 0.717) is 30.8 Å². The molecule has 0 aromatic heterocycles. The molecule has 0 spiro atoms. The molecule has 2 aliphatic rings. The van der Waals surface area contributed by atoms with Crippen LogP contribution in [0.15, 0.2) is 59.5 Å². The largest absolute Gasteiger partial charge is 0.309 e. The number of carbonyl (C=O) groups excluding carboxylic acids is 1. The zero-order chi connectivity index (χ0) is 19.9. The fraction of sp³-hybridized carbons (Fsp3) is 0.318. The van der Waals surface area contributed by atoms with Crippen molar-refractivity contribution in [2.75, 3.05) is 18.0 Å². The molecule has 2 aliphatic heterocycles. The first kappa shape index (κ1) is 18.9. The van der Waals surface area contributed by atoms with E-state index in [9.17, 15) is 13.2 Å². The predicted molar refractivity (Wildman–Crippen MR) is 111 cm³/mol. The van der Waals surface area contributed by atoms with E-state index in [0.717, 1.165) is 16.8 Å². The van der Waals surface area contributed by atoms with Crippen molar-refractivity contribution in [3.05, 3.63) is 65.7 Å². The van der Waals surface area contributed by atoms with Gasteiger partial charge < -0.3 is 4.90 Å². The van der Waals surface area contributed by atoms with Crippen LogP contribution < -0.4 is 4.90 Å². The van der Waals surface area contributed by atoms with E-state index in [1.165, 1.54) is 9.88 Å². The summed E-state index contributed by atoms with van der Waals surface area (Å²) in [6, 6.07) is 15.3. The Balaban J connectivity index is 1.58. The maximum Gasteiger partial charge on any atom is 0.243 e. The fourth-order valence-corrected chi connectivity index (χ4v) is 5.61. The van der Waals surface area contributed by atoms with Crippen molar-refractivity contribution in [2.45, 2.75) is 37.6 Å². The molecule has 5 nitrogen and oxygen atoms in total. The number of amides is 1. The second-order valence-corrected chi connectivity index (χ2v) is 9.38. The van der Waals surface area contributed by atoms with Crippen LogP contribution in [-0.4, -0.2) is 37.8 Å². The SMILES string of the molecule is CC(=O)N1c2ccc(S(=O)(=O)N3CC=C(c4ccccc4)CC3)cc2C[C@@H]1C. The number of anilines is 1. The molecule has 146 valence electrons. The summed E-state index contributed by atoms with van der Waals surface area (Å²) in [4.78, 5) is 13.9. The Hall–Kier alpha value is -2.44. The first-order valence-corrected chi connectivity index (χ1v) is 11.0. The number of fused-ring (bicyclic) bond motifs is 1. The number of rotatable bonds is 3. The highest BCUT2D eigenvalue weighted by Crippen LogP contribution is 2.35. The van der Waals surface area contributed by atoms with Crippen LogP contribution in [0.2, 0.25) is 0 Å². The second kappa shape index (κ2) is 7.18. The standard InChI is InChI=1S/C22H24N2O3S/c1-16-14-20-15-21(8-9-22(20)24(16)17(2)25)28(26,27)23-12-10-19(11-13-23)18-6-4-3-5-7-18/h3-10,15-16H,11-14H2,1-2H3/t16-/m0/s1. The van der Waals surface area contributed by atoms with Crippen LogP contribution >= 0.6 is 0 Å². The molecular weight excluding hydrogens is 372 g/mol. The van der Waals surface area contributed by atoms with E-state index in [2.05, 4.69) is 12.1 Å². The van der Waals surface area contributed by atoms with Crippen LogP contribution in [0.3, 0.4) is 0 Å². The number of benzene rings is 2. The summed E-state index contributed by atoms with van der Waals surface area (Å²) in [6.07, 6.45) is 3.38. The molecule has 2 heterocycles. The number of carbonyl (C=O) groups is 1. The van der Waals surface area contributed by atoms with Gasteiger partial charge in [0.2, 0.25) is 15.9 Å². The Morgan fingerprint density at radius 3 is 2.50 bits per heavy atom. The topological polar surface area (TPSA) is 57.7 Å². The molecular formula is C22H24N2O3S. The Morgan fingerprint density at radius 1 is 1.11 bits per heavy atom. The summed E-state index contributed by atoms with van der Waals surface area (Å²) in [5, 5.41) is 0. The van der Waals surface area contributed by atoms with Gasteiger partial charge in [0.1, 0.15) is 0 Å². The van der Waals surface area contributed by atoms with Crippen LogP contribution in [-0.2, 0) is 21.2 Å². The first-order valence-electron chi connectivity index (χ1n) is 9.55. The van der Waals surface area contributed by atoms with Crippen LogP contribution in [0.5, 0.6) is 0 Å². The van der Waals surface area contributed by atoms with Crippen molar-refractivity contribution in [1.82, 2.24) is 4.31 Å². The fourth-order valence-electron chi connectivity index (χ4n) is 4.18. The van der Waals surface area contributed by atoms with E-state index in [1.54, 1.807) is 30.0 Å². The highest BCUT2D eigenvalue weighted by molar-refractivity contribution is 7.89. The zero-order valence-corrected chi connectivity index (χ0v) is 16.9. The van der Waals surface area contributed by atoms with Crippen molar-refractivity contribution < 1.29 is 13.2 Å². The van der Waals surface area contributed by atoms with Gasteiger partial charge in [-0.1, -0.05) is 36.4 Å². The first-order chi connectivity index (χ1) is 13.4. The lowest BCUT2D eigenvalue weighted by Gasteiger charge is -2.26. The number of sulfonamides is 1. The summed E-state index contributed by atoms with van der Waals surface area (Å²) in [5.74, 6) is -0.0172. The summed E-state index contributed by atoms with van der Waals surface area (Å²) < 4.78 is 27.8. The molecule has 0 N–H and O–H groups in total. The number of hydrogen-bond donors (Lipinski definition) is 0. The maximum absolute atomic E-state index is 13.1. The zero-order valence-electron chi connectivity index (χ0n) is 16.1. The predicted octanol–water partition coefficient (Wildman–Crippen LogP) is 3.46. The molecule has 0 fully saturated rings. The van der Waals surface area contributed by atoms with Gasteiger partial charge in [-0.15, -0.1) is 0 Å². The van der Waals surface area contributed by atoms with Gasteiger partial charge in [0.15, 0.2) is 0 Å². The number of nitrogens with zero attached hydrogens (tertiary/aromatic N) is 2. The van der Waals surface area contributed by atoms with E-state index < -0.39 is 10.0 Å². The van der Waals surface area contributed by atoms with E-state index in [4.69, 9.17) is 0 Å². The highest BCUT2D eigenvalue weighted by atomic mass is 32.2. The van der Waals surface area contributed by atoms with Gasteiger partial charge in [0.25, 0.3) is 0 Å². The Labute approximate surface area is 166 Å². The molecule has 28 heavy (non-hydrogen) atoms. The lowest BCUT2D eigenvalue weighted by atomic mass is 10.0. The van der Waals surface area contributed by atoms with E-state index in [1.807, 2.05) is 31.2 Å². The summed E-state index contributed by atoms with van der Waals surface area (Å²) in [5.41, 5.74) is 4.08. The third-order valence-electron chi connectivity index (χ3n) is 5.56. The minimum Gasteiger partial charge on any atom is -0.309 e. The lowest BCUT2D eigenvalue weighted by Crippen LogP contribution is -2.34. The average molecular weight is 397 g/mol. The van der Waals surface area contributed by atoms with Crippen molar-refractivity contribution in [3.63, 3.8) is 0 Å². The quantitative estimate of drug-likeness (QED) is 0.798. The summed E-state index contributed by atoms with van der Waals surface area (Å²) in [7, 11) is -3.56. The van der Waals surface area contributed by atoms with Gasteiger partial charge in [-0.2, -0.15) is 4.31 Å². The summed E-state index contributed by atoms with van der Waals surface area (Å²) in [6.45, 7) is 4.37. The second-order valence-electron chi connectivity index (χ2n) is 7.44. The van der Waals surface area contributed by atoms with E-state index in [-0.39, 0.29) is 11.9 Å². The van der Waals surface area contributed by atoms with Crippen LogP contribution in [0, 0.1) is 0 Å². The van der Waals surface area contributed by atoms with Gasteiger partial charge in [-0.3, -0.25) is 4.79 Å². The molecule has 1 atom stereocenters. The molecule has 0 saturated heterocycles. The van der Waals surface area contributed by atoms with Crippen molar-refractivity contribution in [3.8, 4) is 0 Å². The Bertz CT molecular complexity index is 1040. The summed E-state index contributed by atoms with van der Waals surface area (Å²) >= 11 is 0. The van der Waals surface area contributed by atoms with Crippen LogP contribution in [0.4, 0.5) is 5.69 Å². The van der Waals surface area contributed by atoms with Crippen molar-refractivity contribution in [2.24, 2.45) is 0 Å². The van der Waals surface area contributed by atoms with Crippen molar-refractivity contribution >= 4 is 27.2 Å².